The van der Waals surface area contributed by atoms with E-state index in [9.17, 15) is 4.39 Å². The monoisotopic (exact) mass is 258 g/mol. The van der Waals surface area contributed by atoms with E-state index in [-0.39, 0.29) is 5.82 Å². The van der Waals surface area contributed by atoms with Crippen LogP contribution in [-0.4, -0.2) is 4.83 Å². The predicted octanol–water partition coefficient (Wildman–Crippen LogP) is 4.16. The van der Waals surface area contributed by atoms with E-state index >= 15 is 0 Å². The van der Waals surface area contributed by atoms with Crippen LogP contribution in [0.5, 0.6) is 0 Å². The summed E-state index contributed by atoms with van der Waals surface area (Å²) in [7, 11) is 0. The predicted molar refractivity (Wildman–Crippen MR) is 62.6 cm³/mol. The zero-order chi connectivity index (χ0) is 10.7. The standard InChI is InChI=1S/C12H16BrF/c1-8-6-9(2)11(12(14)7-8)5-4-10(3)13/h6-7,10H,4-5H2,1-3H3. The summed E-state index contributed by atoms with van der Waals surface area (Å²) in [4.78, 5) is 0.447. The molecule has 1 unspecified atom stereocenters. The molecule has 0 aliphatic rings. The summed E-state index contributed by atoms with van der Waals surface area (Å²) >= 11 is 3.47. The Bertz CT molecular complexity index is 295. The van der Waals surface area contributed by atoms with Gasteiger partial charge < -0.3 is 0 Å². The maximum Gasteiger partial charge on any atom is 0.126 e. The van der Waals surface area contributed by atoms with Crippen molar-refractivity contribution in [1.82, 2.24) is 0 Å². The first-order chi connectivity index (χ1) is 6.50. The molecule has 1 atom stereocenters. The molecule has 0 spiro atoms. The first-order valence-electron chi connectivity index (χ1n) is 4.90. The molecule has 0 aliphatic carbocycles. The Hall–Kier alpha value is -0.370. The van der Waals surface area contributed by atoms with Gasteiger partial charge in [0.05, 0.1) is 0 Å². The fourth-order valence-corrected chi connectivity index (χ4v) is 1.83. The van der Waals surface area contributed by atoms with Crippen molar-refractivity contribution in [1.29, 1.82) is 0 Å². The fourth-order valence-electron chi connectivity index (χ4n) is 1.61. The molecule has 0 heterocycles. The molecule has 78 valence electrons. The van der Waals surface area contributed by atoms with Crippen molar-refractivity contribution in [2.45, 2.75) is 38.4 Å². The molecule has 14 heavy (non-hydrogen) atoms. The third-order valence-corrected chi connectivity index (χ3v) is 2.81. The van der Waals surface area contributed by atoms with Gasteiger partial charge in [0, 0.05) is 4.83 Å². The Labute approximate surface area is 93.7 Å². The normalized spacial score (nSPS) is 12.9. The smallest absolute Gasteiger partial charge is 0.126 e. The van der Waals surface area contributed by atoms with E-state index in [4.69, 9.17) is 0 Å². The summed E-state index contributed by atoms with van der Waals surface area (Å²) in [6.45, 7) is 5.98. The molecule has 0 saturated heterocycles. The summed E-state index contributed by atoms with van der Waals surface area (Å²) in [5.74, 6) is -0.0596. The van der Waals surface area contributed by atoms with Crippen LogP contribution in [0.1, 0.15) is 30.0 Å². The minimum absolute atomic E-state index is 0.0596. The van der Waals surface area contributed by atoms with E-state index in [2.05, 4.69) is 22.9 Å². The molecular weight excluding hydrogens is 243 g/mol. The molecule has 0 aliphatic heterocycles. The lowest BCUT2D eigenvalue weighted by Crippen LogP contribution is -2.00. The SMILES string of the molecule is Cc1cc(C)c(CCC(C)Br)c(F)c1. The average Bonchev–Trinajstić information content (AvgIpc) is 2.01. The molecule has 0 saturated carbocycles. The zero-order valence-corrected chi connectivity index (χ0v) is 10.5. The average molecular weight is 259 g/mol. The van der Waals surface area contributed by atoms with Crippen molar-refractivity contribution in [3.8, 4) is 0 Å². The molecule has 2 heteroatoms. The summed E-state index contributed by atoms with van der Waals surface area (Å²) in [6, 6.07) is 3.65. The topological polar surface area (TPSA) is 0 Å². The number of halogens is 2. The minimum atomic E-state index is -0.0596. The number of rotatable bonds is 3. The van der Waals surface area contributed by atoms with Crippen LogP contribution in [0.3, 0.4) is 0 Å². The Morgan fingerprint density at radius 1 is 1.36 bits per heavy atom. The van der Waals surface area contributed by atoms with Crippen LogP contribution in [0.2, 0.25) is 0 Å². The highest BCUT2D eigenvalue weighted by Gasteiger charge is 2.07. The lowest BCUT2D eigenvalue weighted by atomic mass is 10.0. The summed E-state index contributed by atoms with van der Waals surface area (Å²) in [5.41, 5.74) is 2.92. The quantitative estimate of drug-likeness (QED) is 0.715. The molecule has 0 fully saturated rings. The minimum Gasteiger partial charge on any atom is -0.207 e. The maximum absolute atomic E-state index is 13.5. The highest BCUT2D eigenvalue weighted by Crippen LogP contribution is 2.19. The highest BCUT2D eigenvalue weighted by atomic mass is 79.9. The van der Waals surface area contributed by atoms with Gasteiger partial charge in [-0.15, -0.1) is 0 Å². The number of aryl methyl sites for hydroxylation is 2. The van der Waals surface area contributed by atoms with E-state index < -0.39 is 0 Å². The maximum atomic E-state index is 13.5. The summed E-state index contributed by atoms with van der Waals surface area (Å²) in [6.07, 6.45) is 1.78. The number of hydrogen-bond donors (Lipinski definition) is 0. The molecule has 0 aromatic heterocycles. The van der Waals surface area contributed by atoms with E-state index in [1.54, 1.807) is 6.07 Å². The fraction of sp³-hybridized carbons (Fsp3) is 0.500. The summed E-state index contributed by atoms with van der Waals surface area (Å²) < 4.78 is 13.5. The molecule has 0 radical (unpaired) electrons. The molecule has 1 aromatic carbocycles. The van der Waals surface area contributed by atoms with Crippen molar-refractivity contribution in [2.75, 3.05) is 0 Å². The third-order valence-electron chi connectivity index (χ3n) is 2.35. The van der Waals surface area contributed by atoms with Crippen LogP contribution in [0.15, 0.2) is 12.1 Å². The first kappa shape index (κ1) is 11.7. The van der Waals surface area contributed by atoms with Gasteiger partial charge in [0.1, 0.15) is 5.82 Å². The highest BCUT2D eigenvalue weighted by molar-refractivity contribution is 9.09. The van der Waals surface area contributed by atoms with Gasteiger partial charge in [0.15, 0.2) is 0 Å². The van der Waals surface area contributed by atoms with E-state index in [0.717, 1.165) is 29.5 Å². The Morgan fingerprint density at radius 3 is 2.50 bits per heavy atom. The number of hydrogen-bond acceptors (Lipinski definition) is 0. The molecule has 0 amide bonds. The van der Waals surface area contributed by atoms with Crippen LogP contribution in [0.4, 0.5) is 4.39 Å². The van der Waals surface area contributed by atoms with Gasteiger partial charge in [-0.2, -0.15) is 0 Å². The van der Waals surface area contributed by atoms with Gasteiger partial charge in [0.2, 0.25) is 0 Å². The lowest BCUT2D eigenvalue weighted by molar-refractivity contribution is 0.601. The second-order valence-corrected chi connectivity index (χ2v) is 5.42. The van der Waals surface area contributed by atoms with Crippen molar-refractivity contribution < 1.29 is 4.39 Å². The second-order valence-electron chi connectivity index (χ2n) is 3.86. The van der Waals surface area contributed by atoms with Crippen molar-refractivity contribution >= 4 is 15.9 Å². The first-order valence-corrected chi connectivity index (χ1v) is 5.82. The van der Waals surface area contributed by atoms with Crippen LogP contribution in [0.25, 0.3) is 0 Å². The Kier molecular flexibility index (Phi) is 4.11. The van der Waals surface area contributed by atoms with Gasteiger partial charge >= 0.3 is 0 Å². The van der Waals surface area contributed by atoms with Gasteiger partial charge in [-0.3, -0.25) is 0 Å². The van der Waals surface area contributed by atoms with Crippen LogP contribution >= 0.6 is 15.9 Å². The Balaban J connectivity index is 2.86. The molecule has 1 aromatic rings. The number of alkyl halides is 1. The molecular formula is C12H16BrF. The van der Waals surface area contributed by atoms with Gasteiger partial charge in [-0.05, 0) is 49.4 Å². The van der Waals surface area contributed by atoms with Crippen LogP contribution in [0, 0.1) is 19.7 Å². The summed E-state index contributed by atoms with van der Waals surface area (Å²) in [5, 5.41) is 0. The zero-order valence-electron chi connectivity index (χ0n) is 8.90. The third kappa shape index (κ3) is 3.09. The van der Waals surface area contributed by atoms with Gasteiger partial charge in [-0.1, -0.05) is 28.9 Å². The number of benzene rings is 1. The molecule has 0 N–H and O–H groups in total. The van der Waals surface area contributed by atoms with Gasteiger partial charge in [0.25, 0.3) is 0 Å². The molecule has 1 rings (SSSR count). The Morgan fingerprint density at radius 2 is 2.00 bits per heavy atom. The van der Waals surface area contributed by atoms with Crippen LogP contribution < -0.4 is 0 Å². The van der Waals surface area contributed by atoms with Crippen molar-refractivity contribution in [2.24, 2.45) is 0 Å². The van der Waals surface area contributed by atoms with E-state index in [1.165, 1.54) is 0 Å². The second kappa shape index (κ2) is 4.92. The van der Waals surface area contributed by atoms with Gasteiger partial charge in [-0.25, -0.2) is 4.39 Å². The molecule has 0 bridgehead atoms. The van der Waals surface area contributed by atoms with Crippen molar-refractivity contribution in [3.63, 3.8) is 0 Å². The molecule has 0 nitrogen and oxygen atoms in total. The van der Waals surface area contributed by atoms with Crippen molar-refractivity contribution in [3.05, 3.63) is 34.6 Å². The van der Waals surface area contributed by atoms with Crippen LogP contribution in [-0.2, 0) is 6.42 Å². The largest absolute Gasteiger partial charge is 0.207 e. The lowest BCUT2D eigenvalue weighted by Gasteiger charge is -2.09. The van der Waals surface area contributed by atoms with E-state index in [0.29, 0.717) is 4.83 Å². The van der Waals surface area contributed by atoms with E-state index in [1.807, 2.05) is 19.9 Å².